The zero-order valence-corrected chi connectivity index (χ0v) is 12.7. The zero-order valence-electron chi connectivity index (χ0n) is 11.8. The van der Waals surface area contributed by atoms with Gasteiger partial charge in [-0.1, -0.05) is 19.9 Å². The molecule has 3 N–H and O–H groups in total. The van der Waals surface area contributed by atoms with Crippen molar-refractivity contribution < 1.29 is 9.59 Å². The molecule has 1 unspecified atom stereocenters. The number of amides is 2. The molecule has 2 amide bonds. The molecule has 0 spiro atoms. The van der Waals surface area contributed by atoms with Crippen molar-refractivity contribution in [1.29, 1.82) is 0 Å². The topological polar surface area (TPSA) is 75.4 Å². The van der Waals surface area contributed by atoms with Crippen molar-refractivity contribution in [1.82, 2.24) is 10.2 Å². The summed E-state index contributed by atoms with van der Waals surface area (Å²) in [5.74, 6) is -0.170. The monoisotopic (exact) mass is 295 g/mol. The van der Waals surface area contributed by atoms with Crippen LogP contribution in [0.2, 0.25) is 0 Å². The van der Waals surface area contributed by atoms with E-state index in [1.165, 1.54) is 11.3 Å². The van der Waals surface area contributed by atoms with Gasteiger partial charge in [-0.3, -0.25) is 9.59 Å². The molecule has 1 fully saturated rings. The first-order chi connectivity index (χ1) is 9.49. The first-order valence-corrected chi connectivity index (χ1v) is 7.75. The van der Waals surface area contributed by atoms with Crippen molar-refractivity contribution in [2.45, 2.75) is 32.4 Å². The second-order valence-corrected chi connectivity index (χ2v) is 6.45. The van der Waals surface area contributed by atoms with Crippen LogP contribution in [0.1, 0.15) is 29.9 Å². The Morgan fingerprint density at radius 2 is 2.25 bits per heavy atom. The van der Waals surface area contributed by atoms with Gasteiger partial charge < -0.3 is 16.0 Å². The number of hydrogen-bond donors (Lipinski definition) is 2. The van der Waals surface area contributed by atoms with Crippen LogP contribution in [-0.2, 0) is 4.79 Å². The predicted octanol–water partition coefficient (Wildman–Crippen LogP) is 1.06. The van der Waals surface area contributed by atoms with E-state index < -0.39 is 6.04 Å². The molecule has 1 saturated heterocycles. The fourth-order valence-corrected chi connectivity index (χ4v) is 2.94. The summed E-state index contributed by atoms with van der Waals surface area (Å²) >= 11 is 1.37. The van der Waals surface area contributed by atoms with Crippen LogP contribution in [0.5, 0.6) is 0 Å². The van der Waals surface area contributed by atoms with Gasteiger partial charge in [-0.25, -0.2) is 0 Å². The van der Waals surface area contributed by atoms with Gasteiger partial charge >= 0.3 is 0 Å². The number of thiophene rings is 1. The molecule has 20 heavy (non-hydrogen) atoms. The van der Waals surface area contributed by atoms with E-state index in [4.69, 9.17) is 5.73 Å². The minimum Gasteiger partial charge on any atom is -0.339 e. The Hall–Kier alpha value is -1.40. The van der Waals surface area contributed by atoms with Crippen molar-refractivity contribution >= 4 is 23.2 Å². The number of nitrogens with zero attached hydrogens (tertiary/aromatic N) is 1. The van der Waals surface area contributed by atoms with Crippen LogP contribution >= 0.6 is 11.3 Å². The van der Waals surface area contributed by atoms with Gasteiger partial charge in [0.05, 0.1) is 4.88 Å². The van der Waals surface area contributed by atoms with Gasteiger partial charge in [0, 0.05) is 19.1 Å². The lowest BCUT2D eigenvalue weighted by molar-refractivity contribution is -0.133. The number of hydrogen-bond acceptors (Lipinski definition) is 4. The molecule has 0 aliphatic carbocycles. The summed E-state index contributed by atoms with van der Waals surface area (Å²) in [7, 11) is 0. The first kappa shape index (κ1) is 15.0. The molecule has 1 aromatic heterocycles. The Kier molecular flexibility index (Phi) is 4.77. The maximum absolute atomic E-state index is 12.5. The second-order valence-electron chi connectivity index (χ2n) is 5.51. The van der Waals surface area contributed by atoms with Crippen molar-refractivity contribution in [2.24, 2.45) is 11.7 Å². The van der Waals surface area contributed by atoms with Gasteiger partial charge in [0.2, 0.25) is 5.91 Å². The lowest BCUT2D eigenvalue weighted by Crippen LogP contribution is -2.51. The normalized spacial score (nSPS) is 20.2. The third-order valence-corrected chi connectivity index (χ3v) is 4.37. The van der Waals surface area contributed by atoms with Crippen LogP contribution < -0.4 is 11.1 Å². The third kappa shape index (κ3) is 3.37. The molecular weight excluding hydrogens is 274 g/mol. The predicted molar refractivity (Wildman–Crippen MR) is 79.6 cm³/mol. The second kappa shape index (κ2) is 6.37. The largest absolute Gasteiger partial charge is 0.339 e. The SMILES string of the molecule is CC(C)C(NC(=O)c1cccs1)C(=O)N1CC[C@@H](N)C1. The Balaban J connectivity index is 2.03. The molecule has 2 atom stereocenters. The summed E-state index contributed by atoms with van der Waals surface area (Å²) in [6.07, 6.45) is 0.829. The molecule has 6 heteroatoms. The summed E-state index contributed by atoms with van der Waals surface area (Å²) in [6.45, 7) is 5.13. The van der Waals surface area contributed by atoms with Crippen molar-refractivity contribution in [3.63, 3.8) is 0 Å². The first-order valence-electron chi connectivity index (χ1n) is 6.87. The molecular formula is C14H21N3O2S. The molecule has 5 nitrogen and oxygen atoms in total. The Morgan fingerprint density at radius 1 is 1.50 bits per heavy atom. The van der Waals surface area contributed by atoms with Crippen LogP contribution in [0.25, 0.3) is 0 Å². The maximum atomic E-state index is 12.5. The minimum absolute atomic E-state index is 0.0298. The maximum Gasteiger partial charge on any atom is 0.262 e. The molecule has 0 saturated carbocycles. The standard InChI is InChI=1S/C14H21N3O2S/c1-9(2)12(14(19)17-6-5-10(15)8-17)16-13(18)11-4-3-7-20-11/h3-4,7,9-10,12H,5-6,8,15H2,1-2H3,(H,16,18)/t10-,12?/m1/s1. The van der Waals surface area contributed by atoms with E-state index in [1.54, 1.807) is 11.0 Å². The molecule has 0 bridgehead atoms. The van der Waals surface area contributed by atoms with Crippen molar-refractivity contribution in [2.75, 3.05) is 13.1 Å². The van der Waals surface area contributed by atoms with Gasteiger partial charge in [-0.2, -0.15) is 0 Å². The van der Waals surface area contributed by atoms with Crippen LogP contribution in [0.4, 0.5) is 0 Å². The fraction of sp³-hybridized carbons (Fsp3) is 0.571. The lowest BCUT2D eigenvalue weighted by Gasteiger charge is -2.26. The highest BCUT2D eigenvalue weighted by molar-refractivity contribution is 7.12. The molecule has 1 aliphatic heterocycles. The van der Waals surface area contributed by atoms with Gasteiger partial charge in [-0.15, -0.1) is 11.3 Å². The van der Waals surface area contributed by atoms with Crippen molar-refractivity contribution in [3.05, 3.63) is 22.4 Å². The van der Waals surface area contributed by atoms with Gasteiger partial charge in [0.1, 0.15) is 6.04 Å². The molecule has 0 radical (unpaired) electrons. The smallest absolute Gasteiger partial charge is 0.262 e. The van der Waals surface area contributed by atoms with E-state index >= 15 is 0 Å². The van der Waals surface area contributed by atoms with Crippen LogP contribution in [0.3, 0.4) is 0 Å². The number of nitrogens with one attached hydrogen (secondary N) is 1. The number of carbonyl (C=O) groups is 2. The van der Waals surface area contributed by atoms with E-state index in [1.807, 2.05) is 25.3 Å². The van der Waals surface area contributed by atoms with Crippen LogP contribution in [-0.4, -0.2) is 41.9 Å². The lowest BCUT2D eigenvalue weighted by atomic mass is 10.0. The average Bonchev–Trinajstić information content (AvgIpc) is 3.05. The van der Waals surface area contributed by atoms with Crippen LogP contribution in [0.15, 0.2) is 17.5 Å². The number of rotatable bonds is 4. The van der Waals surface area contributed by atoms with E-state index in [0.717, 1.165) is 6.42 Å². The fourth-order valence-electron chi connectivity index (χ4n) is 2.32. The van der Waals surface area contributed by atoms with E-state index in [0.29, 0.717) is 18.0 Å². The summed E-state index contributed by atoms with van der Waals surface area (Å²) < 4.78 is 0. The molecule has 1 aromatic rings. The minimum atomic E-state index is -0.491. The number of likely N-dealkylation sites (tertiary alicyclic amines) is 1. The molecule has 1 aliphatic rings. The van der Waals surface area contributed by atoms with E-state index in [9.17, 15) is 9.59 Å². The molecule has 2 heterocycles. The molecule has 0 aromatic carbocycles. The third-order valence-electron chi connectivity index (χ3n) is 3.50. The highest BCUT2D eigenvalue weighted by Crippen LogP contribution is 2.14. The van der Waals surface area contributed by atoms with Crippen LogP contribution in [0, 0.1) is 5.92 Å². The van der Waals surface area contributed by atoms with Gasteiger partial charge in [0.15, 0.2) is 0 Å². The van der Waals surface area contributed by atoms with E-state index in [-0.39, 0.29) is 23.8 Å². The summed E-state index contributed by atoms with van der Waals surface area (Å²) in [6, 6.07) is 3.15. The molecule has 110 valence electrons. The number of nitrogens with two attached hydrogens (primary N) is 1. The summed E-state index contributed by atoms with van der Waals surface area (Å²) in [5.41, 5.74) is 5.84. The highest BCUT2D eigenvalue weighted by Gasteiger charge is 2.32. The Morgan fingerprint density at radius 3 is 2.75 bits per heavy atom. The number of carbonyl (C=O) groups excluding carboxylic acids is 2. The zero-order chi connectivity index (χ0) is 14.7. The van der Waals surface area contributed by atoms with Gasteiger partial charge in [0.25, 0.3) is 5.91 Å². The highest BCUT2D eigenvalue weighted by atomic mass is 32.1. The van der Waals surface area contributed by atoms with Gasteiger partial charge in [-0.05, 0) is 23.8 Å². The summed E-state index contributed by atoms with van der Waals surface area (Å²) in [5, 5.41) is 4.70. The average molecular weight is 295 g/mol. The van der Waals surface area contributed by atoms with Crippen molar-refractivity contribution in [3.8, 4) is 0 Å². The quantitative estimate of drug-likeness (QED) is 0.872. The summed E-state index contributed by atoms with van der Waals surface area (Å²) in [4.78, 5) is 27.0. The molecule has 2 rings (SSSR count). The van der Waals surface area contributed by atoms with E-state index in [2.05, 4.69) is 5.32 Å². The Labute approximate surface area is 123 Å². The Bertz CT molecular complexity index is 473.